The number of halogens is 2. The van der Waals surface area contributed by atoms with Crippen molar-refractivity contribution in [3.05, 3.63) is 35.4 Å². The average molecular weight is 435 g/mol. The molecule has 1 aromatic carbocycles. The molecule has 1 fully saturated rings. The molecule has 0 spiro atoms. The summed E-state index contributed by atoms with van der Waals surface area (Å²) in [7, 11) is 0. The summed E-state index contributed by atoms with van der Waals surface area (Å²) in [5.41, 5.74) is -1.12. The Morgan fingerprint density at radius 2 is 1.87 bits per heavy atom. The fraction of sp³-hybridized carbons (Fsp3) is 0.429. The summed E-state index contributed by atoms with van der Waals surface area (Å²) in [6.45, 7) is 4.33. The first-order chi connectivity index (χ1) is 14.8. The van der Waals surface area contributed by atoms with E-state index in [4.69, 9.17) is 9.94 Å². The van der Waals surface area contributed by atoms with Crippen molar-refractivity contribution < 1.29 is 33.4 Å². The zero-order valence-corrected chi connectivity index (χ0v) is 16.8. The van der Waals surface area contributed by atoms with Gasteiger partial charge in [0.05, 0.1) is 19.8 Å². The topological polar surface area (TPSA) is 111 Å². The number of nitrogens with one attached hydrogen (secondary N) is 2. The van der Waals surface area contributed by atoms with Crippen molar-refractivity contribution in [2.75, 3.05) is 32.8 Å². The minimum Gasteiger partial charge on any atom is -0.381 e. The molecule has 0 saturated carbocycles. The summed E-state index contributed by atoms with van der Waals surface area (Å²) in [6, 6.07) is 3.73. The Balaban J connectivity index is 1.99. The second-order valence-corrected chi connectivity index (χ2v) is 6.93. The van der Waals surface area contributed by atoms with Gasteiger partial charge < -0.3 is 15.2 Å². The molecule has 2 amide bonds. The first-order valence-corrected chi connectivity index (χ1v) is 9.40. The molecule has 31 heavy (non-hydrogen) atoms. The van der Waals surface area contributed by atoms with Gasteiger partial charge >= 0.3 is 0 Å². The maximum atomic E-state index is 13.0. The number of hydrogen-bond donors (Lipinski definition) is 4. The molecule has 1 saturated heterocycles. The minimum atomic E-state index is -3.35. The SMILES string of the molecule is C[C@@](O)(C(F)F)[C@H](NC(=O)c1ccc(C#CC#CCN2CCOCC2)cc1)C(=O)NO. The van der Waals surface area contributed by atoms with E-state index in [9.17, 15) is 23.5 Å². The van der Waals surface area contributed by atoms with E-state index in [0.29, 0.717) is 32.2 Å². The molecule has 1 heterocycles. The van der Waals surface area contributed by atoms with Crippen LogP contribution in [0.3, 0.4) is 0 Å². The zero-order valence-electron chi connectivity index (χ0n) is 16.8. The number of rotatable bonds is 6. The third kappa shape index (κ3) is 7.02. The van der Waals surface area contributed by atoms with Crippen molar-refractivity contribution in [3.8, 4) is 23.7 Å². The van der Waals surface area contributed by atoms with Crippen LogP contribution in [0.2, 0.25) is 0 Å². The van der Waals surface area contributed by atoms with Crippen molar-refractivity contribution >= 4 is 11.8 Å². The predicted molar refractivity (Wildman–Crippen MR) is 106 cm³/mol. The normalized spacial score (nSPS) is 16.7. The molecule has 0 bridgehead atoms. The van der Waals surface area contributed by atoms with Crippen molar-refractivity contribution in [1.29, 1.82) is 0 Å². The van der Waals surface area contributed by atoms with Crippen molar-refractivity contribution in [3.63, 3.8) is 0 Å². The van der Waals surface area contributed by atoms with Gasteiger partial charge in [0.25, 0.3) is 18.2 Å². The third-order valence-corrected chi connectivity index (χ3v) is 4.59. The maximum Gasteiger partial charge on any atom is 0.269 e. The largest absolute Gasteiger partial charge is 0.381 e. The van der Waals surface area contributed by atoms with E-state index in [2.05, 4.69) is 28.6 Å². The Hall–Kier alpha value is -3.02. The Bertz CT molecular complexity index is 892. The van der Waals surface area contributed by atoms with Crippen molar-refractivity contribution in [2.24, 2.45) is 0 Å². The van der Waals surface area contributed by atoms with Crippen LogP contribution in [0.25, 0.3) is 0 Å². The van der Waals surface area contributed by atoms with Crippen LogP contribution in [0.5, 0.6) is 0 Å². The summed E-state index contributed by atoms with van der Waals surface area (Å²) in [6.07, 6.45) is -3.35. The summed E-state index contributed by atoms with van der Waals surface area (Å²) < 4.78 is 31.3. The van der Waals surface area contributed by atoms with Gasteiger partial charge in [-0.1, -0.05) is 11.8 Å². The molecule has 166 valence electrons. The lowest BCUT2D eigenvalue weighted by atomic mass is 9.95. The van der Waals surface area contributed by atoms with Crippen LogP contribution < -0.4 is 10.8 Å². The Morgan fingerprint density at radius 1 is 1.23 bits per heavy atom. The fourth-order valence-electron chi connectivity index (χ4n) is 2.65. The molecule has 10 heteroatoms. The second-order valence-electron chi connectivity index (χ2n) is 6.93. The monoisotopic (exact) mass is 435 g/mol. The number of carbonyl (C=O) groups excluding carboxylic acids is 2. The highest BCUT2D eigenvalue weighted by atomic mass is 19.3. The standard InChI is InChI=1S/C21H23F2N3O5/c1-21(29,20(22)23)17(19(28)25-30)24-18(27)16-8-6-15(7-9-16)5-3-2-4-10-26-11-13-31-14-12-26/h6-9,17,20,29-30H,10-14H2,1H3,(H,24,27)(H,25,28)/t17-,21+/m1/s1. The highest BCUT2D eigenvalue weighted by Gasteiger charge is 2.46. The smallest absolute Gasteiger partial charge is 0.269 e. The van der Waals surface area contributed by atoms with Crippen molar-refractivity contribution in [2.45, 2.75) is 25.0 Å². The number of benzene rings is 1. The van der Waals surface area contributed by atoms with Gasteiger partial charge in [-0.05, 0) is 43.0 Å². The van der Waals surface area contributed by atoms with Gasteiger partial charge in [0, 0.05) is 24.2 Å². The van der Waals surface area contributed by atoms with Crippen molar-refractivity contribution in [1.82, 2.24) is 15.7 Å². The molecule has 8 nitrogen and oxygen atoms in total. The highest BCUT2D eigenvalue weighted by molar-refractivity contribution is 5.97. The van der Waals surface area contributed by atoms with Gasteiger partial charge in [-0.15, -0.1) is 0 Å². The lowest BCUT2D eigenvalue weighted by Gasteiger charge is -2.30. The zero-order chi connectivity index (χ0) is 22.9. The number of amides is 2. The van der Waals surface area contributed by atoms with E-state index in [-0.39, 0.29) is 5.56 Å². The number of ether oxygens (including phenoxy) is 1. The quantitative estimate of drug-likeness (QED) is 0.284. The maximum absolute atomic E-state index is 13.0. The minimum absolute atomic E-state index is 0.0461. The van der Waals surface area contributed by atoms with E-state index in [1.54, 1.807) is 0 Å². The van der Waals surface area contributed by atoms with Gasteiger partial charge in [-0.25, -0.2) is 14.3 Å². The summed E-state index contributed by atoms with van der Waals surface area (Å²) in [5.74, 6) is 8.97. The van der Waals surface area contributed by atoms with Crippen LogP contribution in [0.4, 0.5) is 8.78 Å². The van der Waals surface area contributed by atoms with Crippen LogP contribution >= 0.6 is 0 Å². The van der Waals surface area contributed by atoms with E-state index < -0.39 is 29.9 Å². The third-order valence-electron chi connectivity index (χ3n) is 4.59. The molecular formula is C21H23F2N3O5. The molecule has 2 rings (SSSR count). The molecule has 1 aromatic rings. The summed E-state index contributed by atoms with van der Waals surface area (Å²) >= 11 is 0. The molecule has 0 radical (unpaired) electrons. The number of alkyl halides is 2. The van der Waals surface area contributed by atoms with Gasteiger partial charge in [0.2, 0.25) is 0 Å². The van der Waals surface area contributed by atoms with Gasteiger partial charge in [-0.2, -0.15) is 0 Å². The molecule has 4 N–H and O–H groups in total. The number of carbonyl (C=O) groups is 2. The van der Waals surface area contributed by atoms with Crippen LogP contribution in [0.15, 0.2) is 24.3 Å². The molecule has 0 unspecified atom stereocenters. The lowest BCUT2D eigenvalue weighted by Crippen LogP contribution is -2.61. The van der Waals surface area contributed by atoms with Gasteiger partial charge in [-0.3, -0.25) is 19.7 Å². The van der Waals surface area contributed by atoms with Crippen LogP contribution in [0, 0.1) is 23.7 Å². The number of hydroxylamine groups is 1. The Morgan fingerprint density at radius 3 is 2.45 bits per heavy atom. The van der Waals surface area contributed by atoms with Crippen LogP contribution in [-0.2, 0) is 9.53 Å². The molecule has 1 aliphatic heterocycles. The first-order valence-electron chi connectivity index (χ1n) is 9.40. The molecule has 0 aliphatic carbocycles. The first kappa shape index (κ1) is 24.3. The van der Waals surface area contributed by atoms with Gasteiger partial charge in [0.1, 0.15) is 6.04 Å². The number of morpholine rings is 1. The molecule has 0 aromatic heterocycles. The van der Waals surface area contributed by atoms with E-state index in [0.717, 1.165) is 18.6 Å². The summed E-state index contributed by atoms with van der Waals surface area (Å²) in [5, 5.41) is 20.6. The van der Waals surface area contributed by atoms with Gasteiger partial charge in [0.15, 0.2) is 5.60 Å². The van der Waals surface area contributed by atoms with E-state index in [1.807, 2.05) is 5.32 Å². The second kappa shape index (κ2) is 11.4. The number of hydrogen-bond acceptors (Lipinski definition) is 6. The molecular weight excluding hydrogens is 412 g/mol. The summed E-state index contributed by atoms with van der Waals surface area (Å²) in [4.78, 5) is 26.1. The number of aliphatic hydroxyl groups is 1. The number of nitrogens with zero attached hydrogens (tertiary/aromatic N) is 1. The van der Waals surface area contributed by atoms with Crippen LogP contribution in [-0.4, -0.2) is 77.9 Å². The fourth-order valence-corrected chi connectivity index (χ4v) is 2.65. The average Bonchev–Trinajstić information content (AvgIpc) is 2.77. The van der Waals surface area contributed by atoms with E-state index in [1.165, 1.54) is 24.3 Å². The Kier molecular flexibility index (Phi) is 8.91. The highest BCUT2D eigenvalue weighted by Crippen LogP contribution is 2.20. The predicted octanol–water partition coefficient (Wildman–Crippen LogP) is -0.00640. The van der Waals surface area contributed by atoms with Crippen LogP contribution in [0.1, 0.15) is 22.8 Å². The molecule has 1 aliphatic rings. The molecule has 2 atom stereocenters. The van der Waals surface area contributed by atoms with E-state index >= 15 is 0 Å². The lowest BCUT2D eigenvalue weighted by molar-refractivity contribution is -0.149. The Labute approximate surface area is 178 Å².